The fourth-order valence-corrected chi connectivity index (χ4v) is 4.17. The summed E-state index contributed by atoms with van der Waals surface area (Å²) < 4.78 is 15.0. The summed E-state index contributed by atoms with van der Waals surface area (Å²) in [6.45, 7) is 2.05. The lowest BCUT2D eigenvalue weighted by molar-refractivity contribution is 0.0719. The highest BCUT2D eigenvalue weighted by molar-refractivity contribution is 7.15. The van der Waals surface area contributed by atoms with E-state index >= 15 is 0 Å². The second kappa shape index (κ2) is 7.52. The van der Waals surface area contributed by atoms with E-state index in [0.717, 1.165) is 22.5 Å². The van der Waals surface area contributed by atoms with Crippen LogP contribution < -0.4 is 0 Å². The summed E-state index contributed by atoms with van der Waals surface area (Å²) in [6.07, 6.45) is 6.13. The van der Waals surface area contributed by atoms with Crippen molar-refractivity contribution in [1.82, 2.24) is 19.3 Å². The Morgan fingerprint density at radius 3 is 2.75 bits per heavy atom. The molecule has 0 aliphatic rings. The first kappa shape index (κ1) is 18.3. The monoisotopic (exact) mass is 394 g/mol. The van der Waals surface area contributed by atoms with Gasteiger partial charge in [-0.2, -0.15) is 0 Å². The molecule has 28 heavy (non-hydrogen) atoms. The Bertz CT molecular complexity index is 1100. The third-order valence-electron chi connectivity index (χ3n) is 4.81. The van der Waals surface area contributed by atoms with Gasteiger partial charge in [-0.25, -0.2) is 9.37 Å². The van der Waals surface area contributed by atoms with E-state index in [0.29, 0.717) is 11.4 Å². The van der Waals surface area contributed by atoms with Crippen molar-refractivity contribution >= 4 is 22.2 Å². The van der Waals surface area contributed by atoms with Crippen molar-refractivity contribution < 1.29 is 9.18 Å². The molecule has 1 aromatic carbocycles. The summed E-state index contributed by atoms with van der Waals surface area (Å²) in [6, 6.07) is 9.99. The van der Waals surface area contributed by atoms with Gasteiger partial charge in [0.05, 0.1) is 11.7 Å². The third-order valence-corrected chi connectivity index (χ3v) is 5.65. The smallest absolute Gasteiger partial charge is 0.272 e. The van der Waals surface area contributed by atoms with Gasteiger partial charge in [0.2, 0.25) is 0 Å². The summed E-state index contributed by atoms with van der Waals surface area (Å²) in [4.78, 5) is 24.4. The van der Waals surface area contributed by atoms with Crippen molar-refractivity contribution in [2.24, 2.45) is 0 Å². The van der Waals surface area contributed by atoms with E-state index in [1.54, 1.807) is 33.8 Å². The summed E-state index contributed by atoms with van der Waals surface area (Å²) in [5, 5.41) is 1.82. The molecule has 0 fully saturated rings. The van der Waals surface area contributed by atoms with E-state index in [2.05, 4.69) is 16.9 Å². The molecule has 1 amide bonds. The zero-order valence-electron chi connectivity index (χ0n) is 15.5. The Hall–Kier alpha value is -3.06. The van der Waals surface area contributed by atoms with Crippen LogP contribution in [0, 0.1) is 5.82 Å². The molecule has 0 saturated heterocycles. The molecule has 0 spiro atoms. The normalized spacial score (nSPS) is 12.2. The molecule has 3 aromatic heterocycles. The predicted molar refractivity (Wildman–Crippen MR) is 108 cm³/mol. The molecular weight excluding hydrogens is 375 g/mol. The zero-order chi connectivity index (χ0) is 19.7. The largest absolute Gasteiger partial charge is 0.333 e. The zero-order valence-corrected chi connectivity index (χ0v) is 16.4. The highest BCUT2D eigenvalue weighted by atomic mass is 32.1. The van der Waals surface area contributed by atoms with Crippen molar-refractivity contribution in [2.75, 3.05) is 7.05 Å². The van der Waals surface area contributed by atoms with Crippen molar-refractivity contribution in [3.63, 3.8) is 0 Å². The fraction of sp³-hybridized carbons (Fsp3) is 0.190. The quantitative estimate of drug-likeness (QED) is 0.488. The lowest BCUT2D eigenvalue weighted by Gasteiger charge is -2.27. The van der Waals surface area contributed by atoms with Crippen LogP contribution in [0.5, 0.6) is 0 Å². The van der Waals surface area contributed by atoms with Crippen LogP contribution in [0.4, 0.5) is 4.39 Å². The minimum Gasteiger partial charge on any atom is -0.333 e. The minimum atomic E-state index is -0.289. The first-order valence-corrected chi connectivity index (χ1v) is 9.86. The molecule has 5 nitrogen and oxygen atoms in total. The van der Waals surface area contributed by atoms with Crippen LogP contribution in [0.25, 0.3) is 16.2 Å². The SMILES string of the molecule is CC[C@@H](c1cccnc1)N(C)C(=O)c1csc2nc(-c3ccc(F)cc3)cn12. The number of nitrogens with zero attached hydrogens (tertiary/aromatic N) is 4. The molecule has 0 bridgehead atoms. The first-order chi connectivity index (χ1) is 13.6. The summed E-state index contributed by atoms with van der Waals surface area (Å²) in [7, 11) is 1.81. The molecule has 142 valence electrons. The van der Waals surface area contributed by atoms with Crippen LogP contribution in [-0.2, 0) is 0 Å². The summed E-state index contributed by atoms with van der Waals surface area (Å²) in [5.41, 5.74) is 3.09. The maximum absolute atomic E-state index is 13.2. The number of pyridine rings is 1. The van der Waals surface area contributed by atoms with E-state index < -0.39 is 0 Å². The average molecular weight is 394 g/mol. The van der Waals surface area contributed by atoms with Crippen LogP contribution in [0.3, 0.4) is 0 Å². The van der Waals surface area contributed by atoms with E-state index in [4.69, 9.17) is 0 Å². The summed E-state index contributed by atoms with van der Waals surface area (Å²) >= 11 is 1.41. The Morgan fingerprint density at radius 2 is 2.07 bits per heavy atom. The van der Waals surface area contributed by atoms with Gasteiger partial charge in [-0.15, -0.1) is 11.3 Å². The van der Waals surface area contributed by atoms with Gasteiger partial charge < -0.3 is 4.90 Å². The molecule has 0 aliphatic heterocycles. The standard InChI is InChI=1S/C21H19FN4OS/c1-3-18(15-5-4-10-23-11-15)25(2)20(27)19-13-28-21-24-17(12-26(19)21)14-6-8-16(22)9-7-14/h4-13,18H,3H2,1-2H3/t18-/m0/s1. The van der Waals surface area contributed by atoms with Crippen LogP contribution in [0.2, 0.25) is 0 Å². The maximum Gasteiger partial charge on any atom is 0.272 e. The minimum absolute atomic E-state index is 0.0590. The number of thiazole rings is 1. The Kier molecular flexibility index (Phi) is 4.92. The van der Waals surface area contributed by atoms with E-state index in [9.17, 15) is 9.18 Å². The number of benzene rings is 1. The molecule has 0 N–H and O–H groups in total. The van der Waals surface area contributed by atoms with E-state index in [1.165, 1.54) is 23.5 Å². The Balaban J connectivity index is 1.66. The summed E-state index contributed by atoms with van der Waals surface area (Å²) in [5.74, 6) is -0.367. The second-order valence-electron chi connectivity index (χ2n) is 6.53. The van der Waals surface area contributed by atoms with Crippen LogP contribution in [-0.4, -0.2) is 32.2 Å². The molecule has 0 unspecified atom stereocenters. The van der Waals surface area contributed by atoms with Crippen LogP contribution in [0.15, 0.2) is 60.4 Å². The number of imidazole rings is 1. The highest BCUT2D eigenvalue weighted by Gasteiger charge is 2.24. The number of hydrogen-bond acceptors (Lipinski definition) is 4. The van der Waals surface area contributed by atoms with Gasteiger partial charge in [0.15, 0.2) is 4.96 Å². The van der Waals surface area contributed by atoms with Crippen molar-refractivity contribution in [3.05, 3.63) is 77.4 Å². The molecule has 0 saturated carbocycles. The van der Waals surface area contributed by atoms with Gasteiger partial charge in [-0.1, -0.05) is 13.0 Å². The van der Waals surface area contributed by atoms with Gasteiger partial charge in [-0.05, 0) is 42.3 Å². The van der Waals surface area contributed by atoms with Crippen molar-refractivity contribution in [3.8, 4) is 11.3 Å². The third kappa shape index (κ3) is 3.29. The maximum atomic E-state index is 13.2. The van der Waals surface area contributed by atoms with Gasteiger partial charge in [0.1, 0.15) is 11.5 Å². The number of halogens is 1. The van der Waals surface area contributed by atoms with Crippen LogP contribution in [0.1, 0.15) is 35.4 Å². The Morgan fingerprint density at radius 1 is 1.29 bits per heavy atom. The molecule has 4 aromatic rings. The number of carbonyl (C=O) groups is 1. The molecular formula is C21H19FN4OS. The van der Waals surface area contributed by atoms with Gasteiger partial charge in [-0.3, -0.25) is 14.2 Å². The number of rotatable bonds is 5. The molecule has 0 aliphatic carbocycles. The highest BCUT2D eigenvalue weighted by Crippen LogP contribution is 2.27. The molecule has 3 heterocycles. The average Bonchev–Trinajstić information content (AvgIpc) is 3.30. The number of carbonyl (C=O) groups excluding carboxylic acids is 1. The number of fused-ring (bicyclic) bond motifs is 1. The van der Waals surface area contributed by atoms with Gasteiger partial charge in [0.25, 0.3) is 5.91 Å². The second-order valence-corrected chi connectivity index (χ2v) is 7.37. The number of hydrogen-bond donors (Lipinski definition) is 0. The topological polar surface area (TPSA) is 50.5 Å². The van der Waals surface area contributed by atoms with Gasteiger partial charge >= 0.3 is 0 Å². The fourth-order valence-electron chi connectivity index (χ4n) is 3.33. The van der Waals surface area contributed by atoms with E-state index in [1.807, 2.05) is 30.8 Å². The van der Waals surface area contributed by atoms with Crippen molar-refractivity contribution in [1.29, 1.82) is 0 Å². The predicted octanol–water partition coefficient (Wildman–Crippen LogP) is 4.82. The first-order valence-electron chi connectivity index (χ1n) is 8.98. The molecule has 1 atom stereocenters. The van der Waals surface area contributed by atoms with E-state index in [-0.39, 0.29) is 17.8 Å². The molecule has 0 radical (unpaired) electrons. The van der Waals surface area contributed by atoms with Gasteiger partial charge in [0, 0.05) is 36.6 Å². The van der Waals surface area contributed by atoms with Crippen LogP contribution >= 0.6 is 11.3 Å². The number of amides is 1. The van der Waals surface area contributed by atoms with Crippen molar-refractivity contribution in [2.45, 2.75) is 19.4 Å². The molecule has 7 heteroatoms. The number of aromatic nitrogens is 3. The molecule has 4 rings (SSSR count). The Labute approximate surface area is 166 Å². The lowest BCUT2D eigenvalue weighted by atomic mass is 10.1. The lowest BCUT2D eigenvalue weighted by Crippen LogP contribution is -2.31.